The Bertz CT molecular complexity index is 1030. The van der Waals surface area contributed by atoms with Crippen LogP contribution in [-0.2, 0) is 11.4 Å². The highest BCUT2D eigenvalue weighted by molar-refractivity contribution is 8.18. The molecule has 0 atom stereocenters. The monoisotopic (exact) mass is 438 g/mol. The largest absolute Gasteiger partial charge is 0.489 e. The maximum Gasteiger partial charge on any atom is 0.335 e. The number of amidine groups is 1. The highest BCUT2D eigenvalue weighted by Crippen LogP contribution is 2.34. The molecule has 3 rings (SSSR count). The third-order valence-electron chi connectivity index (χ3n) is 4.48. The van der Waals surface area contributed by atoms with Crippen LogP contribution in [0, 0.1) is 0 Å². The van der Waals surface area contributed by atoms with Gasteiger partial charge in [-0.1, -0.05) is 24.3 Å². The summed E-state index contributed by atoms with van der Waals surface area (Å²) in [5, 5.41) is 9.82. The molecular formula is C24H26N2O4S. The molecule has 1 amide bonds. The van der Waals surface area contributed by atoms with E-state index < -0.39 is 5.97 Å². The molecule has 0 saturated carbocycles. The number of rotatable bonds is 7. The molecule has 162 valence electrons. The van der Waals surface area contributed by atoms with E-state index in [4.69, 9.17) is 9.84 Å². The maximum absolute atomic E-state index is 12.8. The lowest BCUT2D eigenvalue weighted by atomic mass is 10.1. The number of hydrogen-bond donors (Lipinski definition) is 1. The van der Waals surface area contributed by atoms with E-state index in [0.29, 0.717) is 10.7 Å². The van der Waals surface area contributed by atoms with Gasteiger partial charge in [-0.3, -0.25) is 14.7 Å². The van der Waals surface area contributed by atoms with Crippen molar-refractivity contribution in [2.75, 3.05) is 0 Å². The molecule has 0 radical (unpaired) electrons. The van der Waals surface area contributed by atoms with E-state index >= 15 is 0 Å². The lowest BCUT2D eigenvalue weighted by molar-refractivity contribution is -0.123. The summed E-state index contributed by atoms with van der Waals surface area (Å²) in [6.45, 7) is 8.23. The first-order valence-corrected chi connectivity index (χ1v) is 10.9. The molecule has 1 fully saturated rings. The molecule has 0 unspecified atom stereocenters. The zero-order chi connectivity index (χ0) is 22.5. The van der Waals surface area contributed by atoms with Gasteiger partial charge >= 0.3 is 5.97 Å². The number of carboxylic acids is 1. The number of amides is 1. The minimum atomic E-state index is -0.962. The summed E-state index contributed by atoms with van der Waals surface area (Å²) in [5.74, 6) is -0.326. The maximum atomic E-state index is 12.8. The first-order valence-electron chi connectivity index (χ1n) is 10.1. The third-order valence-corrected chi connectivity index (χ3v) is 5.48. The molecule has 1 aliphatic rings. The molecule has 7 heteroatoms. The first-order chi connectivity index (χ1) is 14.7. The van der Waals surface area contributed by atoms with Gasteiger partial charge in [-0.15, -0.1) is 0 Å². The summed E-state index contributed by atoms with van der Waals surface area (Å²) in [5.41, 5.74) is 1.91. The van der Waals surface area contributed by atoms with Gasteiger partial charge in [0.1, 0.15) is 12.4 Å². The number of ether oxygens (including phenoxy) is 1. The molecule has 1 N–H and O–H groups in total. The van der Waals surface area contributed by atoms with Gasteiger partial charge < -0.3 is 9.84 Å². The van der Waals surface area contributed by atoms with Crippen molar-refractivity contribution in [1.82, 2.24) is 4.90 Å². The Morgan fingerprint density at radius 1 is 1.16 bits per heavy atom. The second kappa shape index (κ2) is 9.83. The van der Waals surface area contributed by atoms with Crippen molar-refractivity contribution in [3.8, 4) is 5.75 Å². The number of carbonyl (C=O) groups is 2. The van der Waals surface area contributed by atoms with Crippen LogP contribution in [0.15, 0.2) is 58.4 Å². The smallest absolute Gasteiger partial charge is 0.335 e. The topological polar surface area (TPSA) is 79.2 Å². The molecule has 2 aromatic carbocycles. The number of carboxylic acid groups (broad SMARTS) is 1. The zero-order valence-corrected chi connectivity index (χ0v) is 18.8. The predicted octanol–water partition coefficient (Wildman–Crippen LogP) is 5.05. The summed E-state index contributed by atoms with van der Waals surface area (Å²) in [7, 11) is 0. The van der Waals surface area contributed by atoms with Gasteiger partial charge in [0.2, 0.25) is 0 Å². The highest BCUT2D eigenvalue weighted by Gasteiger charge is 2.35. The van der Waals surface area contributed by atoms with Gasteiger partial charge in [-0.2, -0.15) is 0 Å². The quantitative estimate of drug-likeness (QED) is 0.612. The number of nitrogens with zero attached hydrogens (tertiary/aromatic N) is 2. The SMILES string of the molecule is CC(C)N=C1S/C(=C/c2ccc(OCc3cccc(C(=O)O)c3)cc2)C(=O)N1C(C)C. The second-order valence-corrected chi connectivity index (χ2v) is 8.76. The Kier molecular flexibility index (Phi) is 7.17. The molecule has 0 aromatic heterocycles. The Labute approximate surface area is 186 Å². The first kappa shape index (κ1) is 22.6. The van der Waals surface area contributed by atoms with Crippen molar-refractivity contribution >= 4 is 34.9 Å². The van der Waals surface area contributed by atoms with E-state index in [1.807, 2.05) is 64.1 Å². The Morgan fingerprint density at radius 2 is 1.87 bits per heavy atom. The Balaban J connectivity index is 1.70. The molecule has 0 bridgehead atoms. The molecule has 0 aliphatic carbocycles. The molecule has 1 heterocycles. The van der Waals surface area contributed by atoms with E-state index in [0.717, 1.165) is 16.3 Å². The van der Waals surface area contributed by atoms with Crippen LogP contribution in [0.3, 0.4) is 0 Å². The standard InChI is InChI=1S/C24H26N2O4S/c1-15(2)25-24-26(16(3)4)22(27)21(31-24)13-17-8-10-20(11-9-17)30-14-18-6-5-7-19(12-18)23(28)29/h5-13,15-16H,14H2,1-4H3,(H,28,29)/b21-13+,25-24?. The van der Waals surface area contributed by atoms with Gasteiger partial charge in [0.15, 0.2) is 5.17 Å². The van der Waals surface area contributed by atoms with Crippen LogP contribution >= 0.6 is 11.8 Å². The van der Waals surface area contributed by atoms with Crippen molar-refractivity contribution in [2.45, 2.75) is 46.4 Å². The fraction of sp³-hybridized carbons (Fsp3) is 0.292. The molecule has 1 aliphatic heterocycles. The van der Waals surface area contributed by atoms with Crippen LogP contribution in [0.2, 0.25) is 0 Å². The Morgan fingerprint density at radius 3 is 2.48 bits per heavy atom. The highest BCUT2D eigenvalue weighted by atomic mass is 32.2. The summed E-state index contributed by atoms with van der Waals surface area (Å²) in [6.07, 6.45) is 1.87. The Hall–Kier alpha value is -3.06. The van der Waals surface area contributed by atoms with Gasteiger partial charge in [0.25, 0.3) is 5.91 Å². The second-order valence-electron chi connectivity index (χ2n) is 7.75. The van der Waals surface area contributed by atoms with Crippen LogP contribution in [0.25, 0.3) is 6.08 Å². The normalized spacial score (nSPS) is 16.7. The van der Waals surface area contributed by atoms with Crippen LogP contribution in [0.4, 0.5) is 0 Å². The van der Waals surface area contributed by atoms with E-state index in [1.165, 1.54) is 11.8 Å². The van der Waals surface area contributed by atoms with Crippen LogP contribution < -0.4 is 4.74 Å². The summed E-state index contributed by atoms with van der Waals surface area (Å²) >= 11 is 1.40. The van der Waals surface area contributed by atoms with Gasteiger partial charge in [-0.25, -0.2) is 4.79 Å². The lowest BCUT2D eigenvalue weighted by Gasteiger charge is -2.20. The summed E-state index contributed by atoms with van der Waals surface area (Å²) in [6, 6.07) is 14.3. The number of carbonyl (C=O) groups excluding carboxylic acids is 1. The number of benzene rings is 2. The molecule has 6 nitrogen and oxygen atoms in total. The van der Waals surface area contributed by atoms with E-state index in [2.05, 4.69) is 4.99 Å². The fourth-order valence-corrected chi connectivity index (χ4v) is 4.26. The third kappa shape index (κ3) is 5.76. The summed E-state index contributed by atoms with van der Waals surface area (Å²) < 4.78 is 5.77. The average molecular weight is 439 g/mol. The molecule has 2 aromatic rings. The van der Waals surface area contributed by atoms with Crippen LogP contribution in [-0.4, -0.2) is 39.1 Å². The van der Waals surface area contributed by atoms with Crippen molar-refractivity contribution in [2.24, 2.45) is 4.99 Å². The van der Waals surface area contributed by atoms with Crippen LogP contribution in [0.5, 0.6) is 5.75 Å². The van der Waals surface area contributed by atoms with Crippen molar-refractivity contribution < 1.29 is 19.4 Å². The average Bonchev–Trinajstić information content (AvgIpc) is 3.01. The van der Waals surface area contributed by atoms with Gasteiger partial charge in [-0.05, 0) is 80.9 Å². The summed E-state index contributed by atoms with van der Waals surface area (Å²) in [4.78, 5) is 30.9. The van der Waals surface area contributed by atoms with Gasteiger partial charge in [0.05, 0.1) is 10.5 Å². The minimum absolute atomic E-state index is 0.0296. The number of aliphatic imine (C=N–C) groups is 1. The minimum Gasteiger partial charge on any atom is -0.489 e. The molecule has 1 saturated heterocycles. The zero-order valence-electron chi connectivity index (χ0n) is 18.0. The van der Waals surface area contributed by atoms with Crippen molar-refractivity contribution in [3.05, 3.63) is 70.1 Å². The number of aromatic carboxylic acids is 1. The fourth-order valence-electron chi connectivity index (χ4n) is 3.03. The van der Waals surface area contributed by atoms with E-state index in [-0.39, 0.29) is 30.2 Å². The lowest BCUT2D eigenvalue weighted by Crippen LogP contribution is -2.35. The van der Waals surface area contributed by atoms with Crippen molar-refractivity contribution in [1.29, 1.82) is 0 Å². The molecule has 31 heavy (non-hydrogen) atoms. The van der Waals surface area contributed by atoms with Crippen molar-refractivity contribution in [3.63, 3.8) is 0 Å². The molecule has 0 spiro atoms. The van der Waals surface area contributed by atoms with Gasteiger partial charge in [0, 0.05) is 12.1 Å². The van der Waals surface area contributed by atoms with E-state index in [9.17, 15) is 9.59 Å². The van der Waals surface area contributed by atoms with E-state index in [1.54, 1.807) is 23.1 Å². The van der Waals surface area contributed by atoms with Crippen LogP contribution in [0.1, 0.15) is 49.2 Å². The molecular weight excluding hydrogens is 412 g/mol. The predicted molar refractivity (Wildman–Crippen MR) is 124 cm³/mol. The number of thioether (sulfide) groups is 1. The number of hydrogen-bond acceptors (Lipinski definition) is 5.